The van der Waals surface area contributed by atoms with Crippen LogP contribution in [0, 0.1) is 5.82 Å². The number of hydrogen-bond acceptors (Lipinski definition) is 4. The van der Waals surface area contributed by atoms with Gasteiger partial charge in [-0.15, -0.1) is 0 Å². The van der Waals surface area contributed by atoms with Gasteiger partial charge in [-0.05, 0) is 36.2 Å². The minimum absolute atomic E-state index is 0.0709. The lowest BCUT2D eigenvalue weighted by Gasteiger charge is -2.24. The van der Waals surface area contributed by atoms with E-state index in [0.717, 1.165) is 5.56 Å². The van der Waals surface area contributed by atoms with Gasteiger partial charge in [0.25, 0.3) is 5.91 Å². The van der Waals surface area contributed by atoms with Crippen LogP contribution < -0.4 is 0 Å². The van der Waals surface area contributed by atoms with Gasteiger partial charge in [0.15, 0.2) is 11.5 Å². The number of furan rings is 1. The zero-order chi connectivity index (χ0) is 18.0. The van der Waals surface area contributed by atoms with Crippen LogP contribution in [0.1, 0.15) is 30.7 Å². The second-order valence-electron chi connectivity index (χ2n) is 5.83. The molecule has 25 heavy (non-hydrogen) atoms. The number of carbonyl (C=O) groups excluding carboxylic acids is 2. The molecule has 1 aliphatic rings. The van der Waals surface area contributed by atoms with Crippen LogP contribution in [0.25, 0.3) is 0 Å². The molecule has 2 heterocycles. The van der Waals surface area contributed by atoms with Crippen LogP contribution in [0.15, 0.2) is 58.4 Å². The van der Waals surface area contributed by atoms with E-state index in [1.165, 1.54) is 23.3 Å². The third-order valence-electron chi connectivity index (χ3n) is 4.29. The van der Waals surface area contributed by atoms with Crippen LogP contribution in [-0.2, 0) is 16.0 Å². The first-order valence-corrected chi connectivity index (χ1v) is 8.08. The van der Waals surface area contributed by atoms with Crippen molar-refractivity contribution >= 4 is 11.7 Å². The van der Waals surface area contributed by atoms with E-state index in [-0.39, 0.29) is 30.1 Å². The Kier molecular flexibility index (Phi) is 4.70. The molecule has 0 saturated carbocycles. The van der Waals surface area contributed by atoms with E-state index < -0.39 is 17.7 Å². The maximum Gasteiger partial charge on any atom is 0.290 e. The van der Waals surface area contributed by atoms with Crippen molar-refractivity contribution in [3.8, 4) is 0 Å². The average molecular weight is 343 g/mol. The van der Waals surface area contributed by atoms with Gasteiger partial charge in [0.05, 0.1) is 11.8 Å². The van der Waals surface area contributed by atoms with Gasteiger partial charge >= 0.3 is 0 Å². The number of carbonyl (C=O) groups is 2. The van der Waals surface area contributed by atoms with Crippen LogP contribution in [-0.4, -0.2) is 28.2 Å². The van der Waals surface area contributed by atoms with E-state index in [1.54, 1.807) is 31.2 Å². The van der Waals surface area contributed by atoms with E-state index in [1.807, 2.05) is 0 Å². The van der Waals surface area contributed by atoms with Gasteiger partial charge < -0.3 is 14.4 Å². The van der Waals surface area contributed by atoms with Crippen LogP contribution in [0.4, 0.5) is 4.39 Å². The van der Waals surface area contributed by atoms with Crippen molar-refractivity contribution in [2.24, 2.45) is 0 Å². The molecule has 5 nitrogen and oxygen atoms in total. The number of benzene rings is 1. The fourth-order valence-corrected chi connectivity index (χ4v) is 3.00. The Morgan fingerprint density at radius 1 is 1.28 bits per heavy atom. The Balaban J connectivity index is 1.88. The minimum atomic E-state index is -0.740. The minimum Gasteiger partial charge on any atom is -0.503 e. The molecular weight excluding hydrogens is 325 g/mol. The number of halogens is 1. The summed E-state index contributed by atoms with van der Waals surface area (Å²) in [5, 5.41) is 10.2. The highest BCUT2D eigenvalue weighted by atomic mass is 19.1. The van der Waals surface area contributed by atoms with Crippen molar-refractivity contribution < 1.29 is 23.5 Å². The van der Waals surface area contributed by atoms with Gasteiger partial charge in [0, 0.05) is 13.0 Å². The maximum atomic E-state index is 13.0. The first kappa shape index (κ1) is 17.0. The molecule has 0 radical (unpaired) electrons. The average Bonchev–Trinajstić information content (AvgIpc) is 3.22. The molecule has 0 aliphatic carbocycles. The molecule has 2 aromatic rings. The lowest BCUT2D eigenvalue weighted by atomic mass is 9.99. The van der Waals surface area contributed by atoms with E-state index in [9.17, 15) is 19.1 Å². The first-order valence-electron chi connectivity index (χ1n) is 8.08. The van der Waals surface area contributed by atoms with Crippen molar-refractivity contribution in [2.45, 2.75) is 25.8 Å². The zero-order valence-electron chi connectivity index (χ0n) is 13.7. The summed E-state index contributed by atoms with van der Waals surface area (Å²) in [6.45, 7) is 1.94. The van der Waals surface area contributed by atoms with Gasteiger partial charge in [0.2, 0.25) is 0 Å². The van der Waals surface area contributed by atoms with Crippen molar-refractivity contribution in [3.63, 3.8) is 0 Å². The molecule has 1 atom stereocenters. The summed E-state index contributed by atoms with van der Waals surface area (Å²) >= 11 is 0. The van der Waals surface area contributed by atoms with Gasteiger partial charge in [-0.3, -0.25) is 9.59 Å². The van der Waals surface area contributed by atoms with Crippen molar-refractivity contribution in [1.82, 2.24) is 4.90 Å². The lowest BCUT2D eigenvalue weighted by Crippen LogP contribution is -2.32. The summed E-state index contributed by atoms with van der Waals surface area (Å²) in [5.74, 6) is -1.32. The van der Waals surface area contributed by atoms with E-state index in [4.69, 9.17) is 4.42 Å². The molecule has 0 spiro atoms. The Labute approximate surface area is 144 Å². The molecule has 1 N–H and O–H groups in total. The highest BCUT2D eigenvalue weighted by molar-refractivity contribution is 6.08. The number of amides is 1. The summed E-state index contributed by atoms with van der Waals surface area (Å²) in [6, 6.07) is 8.59. The summed E-state index contributed by atoms with van der Waals surface area (Å²) in [5.41, 5.74) is 0.920. The highest BCUT2D eigenvalue weighted by Crippen LogP contribution is 2.38. The maximum absolute atomic E-state index is 13.0. The number of aliphatic hydroxyl groups is 1. The topological polar surface area (TPSA) is 70.8 Å². The van der Waals surface area contributed by atoms with Gasteiger partial charge in [0.1, 0.15) is 17.6 Å². The normalized spacial score (nSPS) is 17.4. The molecule has 1 unspecified atom stereocenters. The van der Waals surface area contributed by atoms with Crippen molar-refractivity contribution in [1.29, 1.82) is 0 Å². The first-order chi connectivity index (χ1) is 12.0. The van der Waals surface area contributed by atoms with Gasteiger partial charge in [-0.2, -0.15) is 0 Å². The summed E-state index contributed by atoms with van der Waals surface area (Å²) < 4.78 is 18.4. The third-order valence-corrected chi connectivity index (χ3v) is 4.29. The Morgan fingerprint density at radius 2 is 2.00 bits per heavy atom. The van der Waals surface area contributed by atoms with Gasteiger partial charge in [-0.1, -0.05) is 19.1 Å². The standard InChI is InChI=1S/C19H18FNO4/c1-2-14(22)16-17(15-4-3-11-25-15)21(19(24)18(16)23)10-9-12-5-7-13(20)8-6-12/h3-8,11,17,23H,2,9-10H2,1H3. The predicted octanol–water partition coefficient (Wildman–Crippen LogP) is 3.34. The number of nitrogens with zero attached hydrogens (tertiary/aromatic N) is 1. The number of aliphatic hydroxyl groups excluding tert-OH is 1. The van der Waals surface area contributed by atoms with Crippen LogP contribution in [0.5, 0.6) is 0 Å². The lowest BCUT2D eigenvalue weighted by molar-refractivity contribution is -0.129. The molecule has 1 amide bonds. The van der Waals surface area contributed by atoms with E-state index in [2.05, 4.69) is 0 Å². The zero-order valence-corrected chi connectivity index (χ0v) is 13.7. The number of Topliss-reactive ketones (excluding diaryl/α,β-unsaturated/α-hetero) is 1. The third kappa shape index (κ3) is 3.20. The fourth-order valence-electron chi connectivity index (χ4n) is 3.00. The van der Waals surface area contributed by atoms with Crippen LogP contribution in [0.3, 0.4) is 0 Å². The molecule has 0 fully saturated rings. The van der Waals surface area contributed by atoms with Crippen LogP contribution >= 0.6 is 0 Å². The molecule has 1 aromatic heterocycles. The number of ketones is 1. The van der Waals surface area contributed by atoms with E-state index >= 15 is 0 Å². The molecule has 130 valence electrons. The molecule has 1 aliphatic heterocycles. The predicted molar refractivity (Wildman–Crippen MR) is 88.2 cm³/mol. The monoisotopic (exact) mass is 343 g/mol. The Hall–Kier alpha value is -2.89. The summed E-state index contributed by atoms with van der Waals surface area (Å²) in [7, 11) is 0. The smallest absolute Gasteiger partial charge is 0.290 e. The molecular formula is C19H18FNO4. The summed E-state index contributed by atoms with van der Waals surface area (Å²) in [6.07, 6.45) is 2.10. The molecule has 3 rings (SSSR count). The molecule has 6 heteroatoms. The highest BCUT2D eigenvalue weighted by Gasteiger charge is 2.44. The van der Waals surface area contributed by atoms with Crippen molar-refractivity contribution in [2.75, 3.05) is 6.54 Å². The molecule has 0 bridgehead atoms. The fraction of sp³-hybridized carbons (Fsp3) is 0.263. The Morgan fingerprint density at radius 3 is 2.60 bits per heavy atom. The molecule has 1 aromatic carbocycles. The summed E-state index contributed by atoms with van der Waals surface area (Å²) in [4.78, 5) is 26.2. The second kappa shape index (κ2) is 6.93. The largest absolute Gasteiger partial charge is 0.503 e. The quantitative estimate of drug-likeness (QED) is 0.873. The van der Waals surface area contributed by atoms with Gasteiger partial charge in [-0.25, -0.2) is 4.39 Å². The Bertz CT molecular complexity index is 808. The SMILES string of the molecule is CCC(=O)C1=C(O)C(=O)N(CCc2ccc(F)cc2)C1c1ccco1. The second-order valence-corrected chi connectivity index (χ2v) is 5.83. The van der Waals surface area contributed by atoms with E-state index in [0.29, 0.717) is 12.2 Å². The number of rotatable bonds is 6. The van der Waals surface area contributed by atoms with Crippen LogP contribution in [0.2, 0.25) is 0 Å². The molecule has 0 saturated heterocycles. The van der Waals surface area contributed by atoms with Crippen molar-refractivity contribution in [3.05, 3.63) is 71.1 Å². The number of hydrogen-bond donors (Lipinski definition) is 1.